The Morgan fingerprint density at radius 3 is 2.36 bits per heavy atom. The zero-order valence-electron chi connectivity index (χ0n) is 16.3. The van der Waals surface area contributed by atoms with Crippen molar-refractivity contribution in [2.45, 2.75) is 64.8 Å². The molecule has 0 spiro atoms. The maximum atomic E-state index is 13.0. The second kappa shape index (κ2) is 7.35. The van der Waals surface area contributed by atoms with E-state index >= 15 is 0 Å². The van der Waals surface area contributed by atoms with Gasteiger partial charge in [0.05, 0.1) is 17.4 Å². The number of carboxylic acid groups (broad SMARTS) is 1. The monoisotopic (exact) mass is 402 g/mol. The SMILES string of the molecule is CC1=C(C)C[C@@H](C(=O)O)[C@@H](C(=O)Nc2sc3c(c2C(=O)NC2CC2)CCC3)C1. The summed E-state index contributed by atoms with van der Waals surface area (Å²) >= 11 is 1.48. The molecular formula is C21H26N2O4S. The minimum atomic E-state index is -0.938. The molecule has 0 saturated heterocycles. The third kappa shape index (κ3) is 3.60. The largest absolute Gasteiger partial charge is 0.481 e. The quantitative estimate of drug-likeness (QED) is 0.657. The van der Waals surface area contributed by atoms with Gasteiger partial charge in [0.25, 0.3) is 5.91 Å². The number of thiophene rings is 1. The van der Waals surface area contributed by atoms with E-state index in [1.807, 2.05) is 13.8 Å². The summed E-state index contributed by atoms with van der Waals surface area (Å²) in [4.78, 5) is 38.7. The third-order valence-electron chi connectivity index (χ3n) is 6.22. The molecule has 28 heavy (non-hydrogen) atoms. The van der Waals surface area contributed by atoms with Gasteiger partial charge >= 0.3 is 5.97 Å². The highest BCUT2D eigenvalue weighted by atomic mass is 32.1. The number of carbonyl (C=O) groups excluding carboxylic acids is 2. The van der Waals surface area contributed by atoms with Crippen molar-refractivity contribution in [1.82, 2.24) is 5.32 Å². The zero-order valence-corrected chi connectivity index (χ0v) is 17.1. The van der Waals surface area contributed by atoms with Crippen LogP contribution in [0, 0.1) is 11.8 Å². The van der Waals surface area contributed by atoms with Crippen LogP contribution in [0.5, 0.6) is 0 Å². The van der Waals surface area contributed by atoms with E-state index in [-0.39, 0.29) is 17.9 Å². The Hall–Kier alpha value is -2.15. The fourth-order valence-electron chi connectivity index (χ4n) is 4.25. The molecule has 0 radical (unpaired) electrons. The van der Waals surface area contributed by atoms with Gasteiger partial charge < -0.3 is 15.7 Å². The lowest BCUT2D eigenvalue weighted by Gasteiger charge is -2.29. The number of nitrogens with one attached hydrogen (secondary N) is 2. The molecule has 1 saturated carbocycles. The number of rotatable bonds is 5. The molecule has 1 fully saturated rings. The minimum Gasteiger partial charge on any atom is -0.481 e. The molecule has 0 unspecified atom stereocenters. The number of amides is 2. The normalized spacial score (nSPS) is 24.1. The molecule has 2 amide bonds. The van der Waals surface area contributed by atoms with Crippen molar-refractivity contribution in [3.8, 4) is 0 Å². The first-order chi connectivity index (χ1) is 13.3. The molecule has 1 heterocycles. The molecule has 6 nitrogen and oxygen atoms in total. The molecular weight excluding hydrogens is 376 g/mol. The predicted molar refractivity (Wildman–Crippen MR) is 108 cm³/mol. The standard InChI is InChI=1S/C21H26N2O4S/c1-10-8-14(15(21(26)27)9-11(10)2)18(24)23-20-17(19(25)22-12-6-7-12)13-4-3-5-16(13)28-20/h12,14-15H,3-9H2,1-2H3,(H,22,25)(H,23,24)(H,26,27)/t14-,15+/m0/s1. The second-order valence-corrected chi connectivity index (χ2v) is 9.42. The number of hydrogen-bond donors (Lipinski definition) is 3. The van der Waals surface area contributed by atoms with Gasteiger partial charge in [-0.05, 0) is 64.4 Å². The number of anilines is 1. The van der Waals surface area contributed by atoms with E-state index in [0.29, 0.717) is 23.4 Å². The molecule has 3 aliphatic carbocycles. The summed E-state index contributed by atoms with van der Waals surface area (Å²) in [6, 6.07) is 0.249. The van der Waals surface area contributed by atoms with Crippen molar-refractivity contribution in [3.63, 3.8) is 0 Å². The average molecular weight is 403 g/mol. The van der Waals surface area contributed by atoms with Crippen molar-refractivity contribution in [2.75, 3.05) is 5.32 Å². The van der Waals surface area contributed by atoms with E-state index in [1.165, 1.54) is 16.2 Å². The maximum absolute atomic E-state index is 13.0. The molecule has 0 bridgehead atoms. The highest BCUT2D eigenvalue weighted by Gasteiger charge is 2.38. The summed E-state index contributed by atoms with van der Waals surface area (Å²) in [7, 11) is 0. The highest BCUT2D eigenvalue weighted by molar-refractivity contribution is 7.17. The summed E-state index contributed by atoms with van der Waals surface area (Å²) in [6.45, 7) is 3.89. The molecule has 4 rings (SSSR count). The second-order valence-electron chi connectivity index (χ2n) is 8.32. The van der Waals surface area contributed by atoms with Crippen molar-refractivity contribution >= 4 is 34.1 Å². The van der Waals surface area contributed by atoms with Gasteiger partial charge in [-0.3, -0.25) is 14.4 Å². The molecule has 0 aromatic carbocycles. The highest BCUT2D eigenvalue weighted by Crippen LogP contribution is 2.41. The first kappa shape index (κ1) is 19.2. The number of carbonyl (C=O) groups is 3. The van der Waals surface area contributed by atoms with Crippen LogP contribution in [0.2, 0.25) is 0 Å². The molecule has 3 aliphatic rings. The molecule has 1 aromatic heterocycles. The lowest BCUT2D eigenvalue weighted by molar-refractivity contribution is -0.146. The van der Waals surface area contributed by atoms with Crippen molar-refractivity contribution in [2.24, 2.45) is 11.8 Å². The van der Waals surface area contributed by atoms with E-state index in [9.17, 15) is 19.5 Å². The van der Waals surface area contributed by atoms with E-state index in [2.05, 4.69) is 10.6 Å². The first-order valence-corrected chi connectivity index (χ1v) is 10.8. The number of hydrogen-bond acceptors (Lipinski definition) is 4. The predicted octanol–water partition coefficient (Wildman–Crippen LogP) is 3.51. The first-order valence-electron chi connectivity index (χ1n) is 9.99. The Morgan fingerprint density at radius 2 is 1.71 bits per heavy atom. The molecule has 7 heteroatoms. The Morgan fingerprint density at radius 1 is 1.04 bits per heavy atom. The van der Waals surface area contributed by atoms with Crippen LogP contribution in [0.4, 0.5) is 5.00 Å². The van der Waals surface area contributed by atoms with Crippen LogP contribution in [0.25, 0.3) is 0 Å². The van der Waals surface area contributed by atoms with Crippen molar-refractivity contribution in [3.05, 3.63) is 27.2 Å². The van der Waals surface area contributed by atoms with Gasteiger partial charge in [0.1, 0.15) is 5.00 Å². The van der Waals surface area contributed by atoms with Crippen LogP contribution < -0.4 is 10.6 Å². The molecule has 2 atom stereocenters. The fourth-order valence-corrected chi connectivity index (χ4v) is 5.54. The third-order valence-corrected chi connectivity index (χ3v) is 7.43. The molecule has 1 aromatic rings. The van der Waals surface area contributed by atoms with Gasteiger partial charge in [0.2, 0.25) is 5.91 Å². The lowest BCUT2D eigenvalue weighted by atomic mass is 9.76. The Labute approximate surface area is 168 Å². The van der Waals surface area contributed by atoms with Crippen LogP contribution >= 0.6 is 11.3 Å². The van der Waals surface area contributed by atoms with Gasteiger partial charge in [0.15, 0.2) is 0 Å². The Kier molecular flexibility index (Phi) is 5.04. The Bertz CT molecular complexity index is 881. The molecule has 150 valence electrons. The van der Waals surface area contributed by atoms with E-state index in [0.717, 1.165) is 48.8 Å². The van der Waals surface area contributed by atoms with Crippen LogP contribution in [-0.4, -0.2) is 28.9 Å². The zero-order chi connectivity index (χ0) is 20.0. The topological polar surface area (TPSA) is 95.5 Å². The van der Waals surface area contributed by atoms with Crippen LogP contribution in [0.3, 0.4) is 0 Å². The number of aryl methyl sites for hydroxylation is 1. The van der Waals surface area contributed by atoms with Crippen molar-refractivity contribution in [1.29, 1.82) is 0 Å². The summed E-state index contributed by atoms with van der Waals surface area (Å²) in [5.74, 6) is -2.67. The summed E-state index contributed by atoms with van der Waals surface area (Å²) < 4.78 is 0. The number of allylic oxidation sites excluding steroid dienone is 2. The Balaban J connectivity index is 1.59. The van der Waals surface area contributed by atoms with Gasteiger partial charge in [0, 0.05) is 10.9 Å². The van der Waals surface area contributed by atoms with Crippen molar-refractivity contribution < 1.29 is 19.5 Å². The molecule has 0 aliphatic heterocycles. The summed E-state index contributed by atoms with van der Waals surface area (Å²) in [5.41, 5.74) is 3.79. The van der Waals surface area contributed by atoms with Crippen LogP contribution in [0.15, 0.2) is 11.1 Å². The van der Waals surface area contributed by atoms with Gasteiger partial charge in [-0.25, -0.2) is 0 Å². The fraction of sp³-hybridized carbons (Fsp3) is 0.571. The van der Waals surface area contributed by atoms with Gasteiger partial charge in [-0.15, -0.1) is 11.3 Å². The summed E-state index contributed by atoms with van der Waals surface area (Å²) in [6.07, 6.45) is 5.68. The number of fused-ring (bicyclic) bond motifs is 1. The van der Waals surface area contributed by atoms with E-state index in [4.69, 9.17) is 0 Å². The summed E-state index contributed by atoms with van der Waals surface area (Å²) in [5, 5.41) is 16.2. The average Bonchev–Trinajstić information content (AvgIpc) is 3.21. The number of carboxylic acids is 1. The maximum Gasteiger partial charge on any atom is 0.307 e. The van der Waals surface area contributed by atoms with E-state index < -0.39 is 17.8 Å². The van der Waals surface area contributed by atoms with E-state index in [1.54, 1.807) is 0 Å². The van der Waals surface area contributed by atoms with Crippen LogP contribution in [0.1, 0.15) is 66.8 Å². The number of aliphatic carboxylic acids is 1. The smallest absolute Gasteiger partial charge is 0.307 e. The van der Waals surface area contributed by atoms with Gasteiger partial charge in [-0.2, -0.15) is 0 Å². The minimum absolute atomic E-state index is 0.109. The van der Waals surface area contributed by atoms with Gasteiger partial charge in [-0.1, -0.05) is 11.1 Å². The lowest BCUT2D eigenvalue weighted by Crippen LogP contribution is -2.37. The molecule has 3 N–H and O–H groups in total. The van der Waals surface area contributed by atoms with Crippen LogP contribution in [-0.2, 0) is 22.4 Å².